The summed E-state index contributed by atoms with van der Waals surface area (Å²) in [5.41, 5.74) is 0.0196. The molecule has 84 valence electrons. The Kier molecular flexibility index (Phi) is 3.49. The van der Waals surface area contributed by atoms with E-state index < -0.39 is 21.4 Å². The van der Waals surface area contributed by atoms with Gasteiger partial charge in [0.2, 0.25) is 0 Å². The van der Waals surface area contributed by atoms with Crippen LogP contribution < -0.4 is 0 Å². The van der Waals surface area contributed by atoms with Crippen LogP contribution in [0, 0.1) is 0 Å². The van der Waals surface area contributed by atoms with Crippen molar-refractivity contribution >= 4 is 9.84 Å². The number of rotatable bonds is 3. The van der Waals surface area contributed by atoms with Crippen molar-refractivity contribution in [1.29, 1.82) is 0 Å². The molecule has 5 heteroatoms. The first kappa shape index (κ1) is 12.2. The number of benzene rings is 1. The Labute approximate surface area is 89.1 Å². The summed E-state index contributed by atoms with van der Waals surface area (Å²) in [4.78, 5) is -0.0185. The molecule has 2 N–H and O–H groups in total. The number of aliphatic hydroxyl groups is 2. The molecule has 4 nitrogen and oxygen atoms in total. The van der Waals surface area contributed by atoms with Gasteiger partial charge in [-0.1, -0.05) is 18.2 Å². The van der Waals surface area contributed by atoms with Crippen molar-refractivity contribution in [3.8, 4) is 0 Å². The number of aliphatic hydroxyl groups excluding tert-OH is 1. The highest BCUT2D eigenvalue weighted by Crippen LogP contribution is 2.24. The monoisotopic (exact) mass is 230 g/mol. The van der Waals surface area contributed by atoms with Crippen molar-refractivity contribution in [2.24, 2.45) is 0 Å². The summed E-state index contributed by atoms with van der Waals surface area (Å²) in [6.45, 7) is 3.10. The van der Waals surface area contributed by atoms with E-state index in [0.717, 1.165) is 0 Å². The largest absolute Gasteiger partial charge is 0.364 e. The van der Waals surface area contributed by atoms with Crippen LogP contribution in [-0.4, -0.2) is 23.9 Å². The summed E-state index contributed by atoms with van der Waals surface area (Å²) in [6.07, 6.45) is -1.77. The highest BCUT2D eigenvalue weighted by Gasteiger charge is 2.24. The van der Waals surface area contributed by atoms with E-state index in [1.165, 1.54) is 12.1 Å². The maximum absolute atomic E-state index is 11.8. The third kappa shape index (κ3) is 2.37. The van der Waals surface area contributed by atoms with E-state index in [-0.39, 0.29) is 10.5 Å². The zero-order valence-corrected chi connectivity index (χ0v) is 9.40. The normalized spacial score (nSPS) is 12.4. The first-order valence-corrected chi connectivity index (χ1v) is 6.11. The molecule has 0 bridgehead atoms. The van der Waals surface area contributed by atoms with Crippen LogP contribution in [0.3, 0.4) is 0 Å². The average molecular weight is 230 g/mol. The van der Waals surface area contributed by atoms with E-state index in [9.17, 15) is 8.42 Å². The molecule has 0 fully saturated rings. The van der Waals surface area contributed by atoms with Crippen LogP contribution in [0.25, 0.3) is 0 Å². The lowest BCUT2D eigenvalue weighted by Gasteiger charge is -2.13. The quantitative estimate of drug-likeness (QED) is 0.755. The number of sulfone groups is 1. The maximum atomic E-state index is 11.8. The summed E-state index contributed by atoms with van der Waals surface area (Å²) in [5.74, 6) is 0. The Morgan fingerprint density at radius 3 is 2.13 bits per heavy atom. The third-order valence-electron chi connectivity index (χ3n) is 2.12. The van der Waals surface area contributed by atoms with Gasteiger partial charge in [0.15, 0.2) is 16.1 Å². The lowest BCUT2D eigenvalue weighted by atomic mass is 10.2. The molecule has 0 heterocycles. The fourth-order valence-electron chi connectivity index (χ4n) is 1.21. The summed E-state index contributed by atoms with van der Waals surface area (Å²) in [5, 5.41) is 17.5. The van der Waals surface area contributed by atoms with Crippen molar-refractivity contribution < 1.29 is 18.6 Å². The van der Waals surface area contributed by atoms with Crippen molar-refractivity contribution in [2.75, 3.05) is 0 Å². The molecule has 0 amide bonds. The third-order valence-corrected chi connectivity index (χ3v) is 4.35. The van der Waals surface area contributed by atoms with E-state index in [4.69, 9.17) is 10.2 Å². The van der Waals surface area contributed by atoms with Crippen LogP contribution >= 0.6 is 0 Å². The molecule has 0 aliphatic rings. The molecule has 15 heavy (non-hydrogen) atoms. The fourth-order valence-corrected chi connectivity index (χ4v) is 2.48. The Balaban J connectivity index is 3.38. The molecule has 0 atom stereocenters. The molecule has 0 unspecified atom stereocenters. The van der Waals surface area contributed by atoms with Crippen LogP contribution in [0.2, 0.25) is 0 Å². The van der Waals surface area contributed by atoms with E-state index in [2.05, 4.69) is 0 Å². The molecule has 1 aromatic carbocycles. The zero-order chi connectivity index (χ0) is 11.6. The first-order chi connectivity index (χ1) is 6.87. The molecular formula is C10H14O4S. The SMILES string of the molecule is CC(C)S(=O)(=O)c1ccccc1C(O)O. The predicted molar refractivity (Wildman–Crippen MR) is 55.9 cm³/mol. The van der Waals surface area contributed by atoms with Crippen molar-refractivity contribution in [3.63, 3.8) is 0 Å². The molecule has 0 radical (unpaired) electrons. The van der Waals surface area contributed by atoms with Crippen LogP contribution in [0.1, 0.15) is 25.7 Å². The van der Waals surface area contributed by atoms with E-state index >= 15 is 0 Å². The predicted octanol–water partition coefficient (Wildman–Crippen LogP) is 0.852. The lowest BCUT2D eigenvalue weighted by Crippen LogP contribution is -2.17. The van der Waals surface area contributed by atoms with Crippen molar-refractivity contribution in [1.82, 2.24) is 0 Å². The van der Waals surface area contributed by atoms with Gasteiger partial charge in [0.25, 0.3) is 0 Å². The second-order valence-corrected chi connectivity index (χ2v) is 5.98. The summed E-state index contributed by atoms with van der Waals surface area (Å²) < 4.78 is 23.7. The van der Waals surface area contributed by atoms with E-state index in [1.807, 2.05) is 0 Å². The minimum Gasteiger partial charge on any atom is -0.364 e. The van der Waals surface area contributed by atoms with Gasteiger partial charge in [-0.25, -0.2) is 8.42 Å². The Morgan fingerprint density at radius 1 is 1.13 bits per heavy atom. The molecule has 0 spiro atoms. The second-order valence-electron chi connectivity index (χ2n) is 3.51. The molecule has 0 aliphatic heterocycles. The van der Waals surface area contributed by atoms with E-state index in [1.54, 1.807) is 26.0 Å². The standard InChI is InChI=1S/C10H14O4S/c1-7(2)15(13,14)9-6-4-3-5-8(9)10(11)12/h3-7,10-12H,1-2H3. The van der Waals surface area contributed by atoms with Crippen LogP contribution in [0.15, 0.2) is 29.2 Å². The van der Waals surface area contributed by atoms with Crippen molar-refractivity contribution in [2.45, 2.75) is 30.3 Å². The minimum absolute atomic E-state index is 0.0185. The molecule has 0 saturated heterocycles. The fraction of sp³-hybridized carbons (Fsp3) is 0.400. The molecule has 0 aliphatic carbocycles. The Bertz CT molecular complexity index is 434. The van der Waals surface area contributed by atoms with Gasteiger partial charge in [-0.05, 0) is 19.9 Å². The zero-order valence-electron chi connectivity index (χ0n) is 8.58. The van der Waals surface area contributed by atoms with Gasteiger partial charge < -0.3 is 10.2 Å². The highest BCUT2D eigenvalue weighted by molar-refractivity contribution is 7.92. The number of hydrogen-bond acceptors (Lipinski definition) is 4. The van der Waals surface area contributed by atoms with E-state index in [0.29, 0.717) is 0 Å². The summed E-state index contributed by atoms with van der Waals surface area (Å²) >= 11 is 0. The van der Waals surface area contributed by atoms with Gasteiger partial charge >= 0.3 is 0 Å². The number of hydrogen-bond donors (Lipinski definition) is 2. The minimum atomic E-state index is -3.47. The van der Waals surface area contributed by atoms with Crippen LogP contribution in [0.5, 0.6) is 0 Å². The Morgan fingerprint density at radius 2 is 1.67 bits per heavy atom. The second kappa shape index (κ2) is 4.30. The smallest absolute Gasteiger partial charge is 0.181 e. The molecule has 1 aromatic rings. The lowest BCUT2D eigenvalue weighted by molar-refractivity contribution is -0.0446. The highest BCUT2D eigenvalue weighted by atomic mass is 32.2. The van der Waals surface area contributed by atoms with Gasteiger partial charge in [-0.15, -0.1) is 0 Å². The molecule has 0 aromatic heterocycles. The van der Waals surface area contributed by atoms with Gasteiger partial charge in [0.05, 0.1) is 10.1 Å². The molecular weight excluding hydrogens is 216 g/mol. The van der Waals surface area contributed by atoms with Gasteiger partial charge in [0.1, 0.15) is 0 Å². The first-order valence-electron chi connectivity index (χ1n) is 4.56. The topological polar surface area (TPSA) is 74.6 Å². The van der Waals surface area contributed by atoms with Crippen LogP contribution in [-0.2, 0) is 9.84 Å². The summed E-state index contributed by atoms with van der Waals surface area (Å²) in [7, 11) is -3.47. The average Bonchev–Trinajstić information content (AvgIpc) is 2.17. The van der Waals surface area contributed by atoms with Gasteiger partial charge in [-0.2, -0.15) is 0 Å². The maximum Gasteiger partial charge on any atom is 0.181 e. The summed E-state index contributed by atoms with van der Waals surface area (Å²) in [6, 6.07) is 5.89. The molecule has 1 rings (SSSR count). The van der Waals surface area contributed by atoms with Gasteiger partial charge in [-0.3, -0.25) is 0 Å². The molecule has 0 saturated carbocycles. The van der Waals surface area contributed by atoms with Crippen LogP contribution in [0.4, 0.5) is 0 Å². The Hall–Kier alpha value is -0.910. The van der Waals surface area contributed by atoms with Gasteiger partial charge in [0, 0.05) is 5.56 Å². The van der Waals surface area contributed by atoms with Crippen molar-refractivity contribution in [3.05, 3.63) is 29.8 Å².